The smallest absolute Gasteiger partial charge is 0.254 e. The van der Waals surface area contributed by atoms with E-state index in [1.807, 2.05) is 24.3 Å². The van der Waals surface area contributed by atoms with Gasteiger partial charge >= 0.3 is 0 Å². The lowest BCUT2D eigenvalue weighted by Crippen LogP contribution is -2.39. The first kappa shape index (κ1) is 20.4. The zero-order valence-electron chi connectivity index (χ0n) is 18.3. The Balaban J connectivity index is 1.31. The molecule has 0 bridgehead atoms. The molecule has 168 valence electrons. The number of hydrogen-bond acceptors (Lipinski definition) is 5. The monoisotopic (exact) mass is 452 g/mol. The third-order valence-corrected chi connectivity index (χ3v) is 6.37. The summed E-state index contributed by atoms with van der Waals surface area (Å²) in [5, 5.41) is 12.6. The number of hydrogen-bond donors (Lipinski definition) is 1. The summed E-state index contributed by atoms with van der Waals surface area (Å²) in [4.78, 5) is 21.2. The molecule has 1 aliphatic rings. The first-order valence-corrected chi connectivity index (χ1v) is 11.3. The van der Waals surface area contributed by atoms with Gasteiger partial charge in [0.15, 0.2) is 5.65 Å². The standard InChI is InChI=1S/C26H21FN6O/c27-22-14-17(7-8-21(22)26(34)30-19-4-1-5-19)20-10-12-29-25-24(20)31-32-33(25)15-16-6-9-23-18(13-16)3-2-11-28-23/h2-3,6-14,19H,1,4-5,15H2,(H,30,34). The number of pyridine rings is 2. The molecule has 0 radical (unpaired) electrons. The fraction of sp³-hybridized carbons (Fsp3) is 0.192. The molecule has 6 rings (SSSR count). The van der Waals surface area contributed by atoms with Crippen LogP contribution in [0.2, 0.25) is 0 Å². The average Bonchev–Trinajstić information content (AvgIpc) is 3.24. The molecule has 34 heavy (non-hydrogen) atoms. The van der Waals surface area contributed by atoms with Crippen molar-refractivity contribution < 1.29 is 9.18 Å². The van der Waals surface area contributed by atoms with Gasteiger partial charge in [-0.2, -0.15) is 0 Å². The first-order valence-electron chi connectivity index (χ1n) is 11.3. The lowest BCUT2D eigenvalue weighted by Gasteiger charge is -2.26. The summed E-state index contributed by atoms with van der Waals surface area (Å²) in [6.45, 7) is 0.492. The van der Waals surface area contributed by atoms with Crippen LogP contribution in [0.5, 0.6) is 0 Å². The van der Waals surface area contributed by atoms with E-state index in [9.17, 15) is 9.18 Å². The fourth-order valence-corrected chi connectivity index (χ4v) is 4.29. The van der Waals surface area contributed by atoms with Crippen LogP contribution in [0.15, 0.2) is 67.0 Å². The second-order valence-corrected chi connectivity index (χ2v) is 8.60. The molecule has 5 aromatic rings. The predicted molar refractivity (Wildman–Crippen MR) is 127 cm³/mol. The van der Waals surface area contributed by atoms with Crippen LogP contribution in [0.3, 0.4) is 0 Å². The van der Waals surface area contributed by atoms with E-state index in [4.69, 9.17) is 0 Å². The van der Waals surface area contributed by atoms with Crippen molar-refractivity contribution in [1.29, 1.82) is 0 Å². The molecule has 1 N–H and O–H groups in total. The highest BCUT2D eigenvalue weighted by Crippen LogP contribution is 2.28. The van der Waals surface area contributed by atoms with Gasteiger partial charge < -0.3 is 5.32 Å². The van der Waals surface area contributed by atoms with Gasteiger partial charge in [-0.1, -0.05) is 23.4 Å². The molecular formula is C26H21FN6O. The van der Waals surface area contributed by atoms with Crippen molar-refractivity contribution in [3.05, 3.63) is 83.9 Å². The number of rotatable bonds is 5. The molecular weight excluding hydrogens is 431 g/mol. The highest BCUT2D eigenvalue weighted by Gasteiger charge is 2.22. The molecule has 0 saturated heterocycles. The van der Waals surface area contributed by atoms with Crippen LogP contribution in [-0.2, 0) is 6.54 Å². The van der Waals surface area contributed by atoms with Crippen molar-refractivity contribution in [1.82, 2.24) is 30.3 Å². The van der Waals surface area contributed by atoms with Gasteiger partial charge in [0.2, 0.25) is 0 Å². The number of halogens is 1. The van der Waals surface area contributed by atoms with Gasteiger partial charge in [-0.15, -0.1) is 5.10 Å². The number of carbonyl (C=O) groups is 1. The average molecular weight is 452 g/mol. The number of amides is 1. The Kier molecular flexibility index (Phi) is 4.98. The van der Waals surface area contributed by atoms with E-state index in [-0.39, 0.29) is 17.5 Å². The van der Waals surface area contributed by atoms with Gasteiger partial charge in [-0.25, -0.2) is 14.1 Å². The van der Waals surface area contributed by atoms with Gasteiger partial charge in [0.1, 0.15) is 11.3 Å². The van der Waals surface area contributed by atoms with E-state index in [2.05, 4.69) is 31.7 Å². The quantitative estimate of drug-likeness (QED) is 0.424. The van der Waals surface area contributed by atoms with Gasteiger partial charge in [0.25, 0.3) is 5.91 Å². The van der Waals surface area contributed by atoms with Crippen LogP contribution in [0, 0.1) is 5.82 Å². The van der Waals surface area contributed by atoms with E-state index >= 15 is 0 Å². The maximum atomic E-state index is 14.9. The Labute approximate surface area is 194 Å². The number of nitrogens with zero attached hydrogens (tertiary/aromatic N) is 5. The van der Waals surface area contributed by atoms with E-state index in [1.54, 1.807) is 29.2 Å². The number of fused-ring (bicyclic) bond motifs is 2. The lowest BCUT2D eigenvalue weighted by atomic mass is 9.93. The van der Waals surface area contributed by atoms with Crippen LogP contribution in [-0.4, -0.2) is 36.9 Å². The Bertz CT molecular complexity index is 1540. The van der Waals surface area contributed by atoms with Gasteiger partial charge in [0.05, 0.1) is 17.6 Å². The third-order valence-electron chi connectivity index (χ3n) is 6.37. The van der Waals surface area contributed by atoms with E-state index in [1.165, 1.54) is 12.1 Å². The van der Waals surface area contributed by atoms with E-state index in [0.29, 0.717) is 28.8 Å². The molecule has 3 heterocycles. The van der Waals surface area contributed by atoms with Crippen LogP contribution < -0.4 is 5.32 Å². The molecule has 7 nitrogen and oxygen atoms in total. The van der Waals surface area contributed by atoms with Crippen molar-refractivity contribution in [3.63, 3.8) is 0 Å². The molecule has 1 amide bonds. The highest BCUT2D eigenvalue weighted by atomic mass is 19.1. The van der Waals surface area contributed by atoms with Gasteiger partial charge in [-0.3, -0.25) is 9.78 Å². The van der Waals surface area contributed by atoms with Gasteiger partial charge in [0, 0.05) is 29.4 Å². The lowest BCUT2D eigenvalue weighted by molar-refractivity contribution is 0.0913. The normalized spacial score (nSPS) is 13.8. The van der Waals surface area contributed by atoms with E-state index < -0.39 is 5.82 Å². The van der Waals surface area contributed by atoms with E-state index in [0.717, 1.165) is 35.7 Å². The molecule has 0 aliphatic heterocycles. The summed E-state index contributed by atoms with van der Waals surface area (Å²) in [5.41, 5.74) is 4.55. The summed E-state index contributed by atoms with van der Waals surface area (Å²) < 4.78 is 16.6. The largest absolute Gasteiger partial charge is 0.349 e. The summed E-state index contributed by atoms with van der Waals surface area (Å²) in [6.07, 6.45) is 6.44. The molecule has 0 atom stereocenters. The minimum atomic E-state index is -0.559. The number of nitrogens with one attached hydrogen (secondary N) is 1. The zero-order chi connectivity index (χ0) is 23.1. The van der Waals surface area contributed by atoms with Crippen molar-refractivity contribution in [2.24, 2.45) is 0 Å². The van der Waals surface area contributed by atoms with Crippen LogP contribution in [0.4, 0.5) is 4.39 Å². The number of aromatic nitrogens is 5. The van der Waals surface area contributed by atoms with Crippen molar-refractivity contribution >= 4 is 28.0 Å². The topological polar surface area (TPSA) is 85.6 Å². The molecule has 1 aliphatic carbocycles. The molecule has 1 fully saturated rings. The van der Waals surface area contributed by atoms with Crippen LogP contribution in [0.1, 0.15) is 35.2 Å². The molecule has 2 aromatic carbocycles. The highest BCUT2D eigenvalue weighted by molar-refractivity contribution is 5.96. The second-order valence-electron chi connectivity index (χ2n) is 8.60. The van der Waals surface area contributed by atoms with Crippen LogP contribution in [0.25, 0.3) is 33.2 Å². The Hall–Kier alpha value is -4.20. The molecule has 3 aromatic heterocycles. The van der Waals surface area contributed by atoms with Gasteiger partial charge in [-0.05, 0) is 66.8 Å². The molecule has 1 saturated carbocycles. The second kappa shape index (κ2) is 8.30. The summed E-state index contributed by atoms with van der Waals surface area (Å²) in [7, 11) is 0. The van der Waals surface area contributed by atoms with Crippen molar-refractivity contribution in [2.75, 3.05) is 0 Å². The number of benzene rings is 2. The maximum Gasteiger partial charge on any atom is 0.254 e. The van der Waals surface area contributed by atoms with Crippen molar-refractivity contribution in [3.8, 4) is 11.1 Å². The van der Waals surface area contributed by atoms with Crippen LogP contribution >= 0.6 is 0 Å². The summed E-state index contributed by atoms with van der Waals surface area (Å²) >= 11 is 0. The Morgan fingerprint density at radius 2 is 1.97 bits per heavy atom. The third kappa shape index (κ3) is 3.67. The molecule has 0 unspecified atom stereocenters. The molecule has 0 spiro atoms. The Morgan fingerprint density at radius 1 is 1.06 bits per heavy atom. The first-order chi connectivity index (χ1) is 16.7. The summed E-state index contributed by atoms with van der Waals surface area (Å²) in [5.74, 6) is -0.929. The fourth-order valence-electron chi connectivity index (χ4n) is 4.29. The van der Waals surface area contributed by atoms with Crippen molar-refractivity contribution in [2.45, 2.75) is 31.8 Å². The summed E-state index contributed by atoms with van der Waals surface area (Å²) in [6, 6.07) is 16.6. The Morgan fingerprint density at radius 3 is 2.79 bits per heavy atom. The zero-order valence-corrected chi connectivity index (χ0v) is 18.3. The molecule has 8 heteroatoms. The minimum absolute atomic E-state index is 0.0513. The number of carbonyl (C=O) groups excluding carboxylic acids is 1. The predicted octanol–water partition coefficient (Wildman–Crippen LogP) is 4.51. The maximum absolute atomic E-state index is 14.9. The SMILES string of the molecule is O=C(NC1CCC1)c1ccc(-c2ccnc3c2nnn3Cc2ccc3ncccc3c2)cc1F. The minimum Gasteiger partial charge on any atom is -0.349 e.